The molecule has 0 spiro atoms. The second-order valence-electron chi connectivity index (χ2n) is 6.22. The topological polar surface area (TPSA) is 93.7 Å². The molecule has 0 bridgehead atoms. The lowest BCUT2D eigenvalue weighted by Crippen LogP contribution is -2.42. The van der Waals surface area contributed by atoms with Crippen LogP contribution in [0.25, 0.3) is 0 Å². The Morgan fingerprint density at radius 3 is 2.17 bits per heavy atom. The molecule has 0 unspecified atom stereocenters. The monoisotopic (exact) mass is 330 g/mol. The van der Waals surface area contributed by atoms with Gasteiger partial charge >= 0.3 is 11.9 Å². The largest absolute Gasteiger partial charge is 0.419 e. The minimum absolute atomic E-state index is 0.0353. The van der Waals surface area contributed by atoms with Gasteiger partial charge in [-0.15, -0.1) is 0 Å². The van der Waals surface area contributed by atoms with Crippen LogP contribution in [0.1, 0.15) is 26.7 Å². The van der Waals surface area contributed by atoms with E-state index in [1.807, 2.05) is 0 Å². The van der Waals surface area contributed by atoms with Crippen LogP contribution in [0.15, 0.2) is 36.0 Å². The van der Waals surface area contributed by atoms with Gasteiger partial charge in [-0.1, -0.05) is 0 Å². The van der Waals surface area contributed by atoms with E-state index in [0.717, 1.165) is 12.8 Å². The number of ether oxygens (including phenoxy) is 2. The van der Waals surface area contributed by atoms with Crippen molar-refractivity contribution in [3.63, 3.8) is 0 Å². The summed E-state index contributed by atoms with van der Waals surface area (Å²) in [5, 5.41) is 5.67. The molecule has 1 heterocycles. The summed E-state index contributed by atoms with van der Waals surface area (Å²) in [7, 11) is 0. The minimum Gasteiger partial charge on any atom is -0.419 e. The third-order valence-electron chi connectivity index (χ3n) is 3.60. The van der Waals surface area contributed by atoms with Crippen molar-refractivity contribution in [1.82, 2.24) is 0 Å². The maximum atomic E-state index is 11.8. The number of anilines is 2. The Hall–Kier alpha value is -2.83. The Labute approximate surface area is 139 Å². The van der Waals surface area contributed by atoms with E-state index in [9.17, 15) is 14.4 Å². The first-order chi connectivity index (χ1) is 11.3. The second-order valence-corrected chi connectivity index (χ2v) is 6.22. The molecule has 1 aliphatic heterocycles. The molecule has 1 aromatic carbocycles. The molecule has 1 aromatic rings. The van der Waals surface area contributed by atoms with E-state index >= 15 is 0 Å². The fourth-order valence-corrected chi connectivity index (χ4v) is 2.17. The van der Waals surface area contributed by atoms with E-state index in [-0.39, 0.29) is 17.4 Å². The molecule has 1 amide bonds. The SMILES string of the molecule is CC1(C)OC(=O)C(=CNc2ccc(NC(=O)C3CC3)cc2)C(=O)O1. The van der Waals surface area contributed by atoms with Gasteiger partial charge in [0.2, 0.25) is 5.91 Å². The molecule has 7 nitrogen and oxygen atoms in total. The summed E-state index contributed by atoms with van der Waals surface area (Å²) < 4.78 is 10.00. The van der Waals surface area contributed by atoms with Crippen molar-refractivity contribution in [1.29, 1.82) is 0 Å². The van der Waals surface area contributed by atoms with Crippen LogP contribution < -0.4 is 10.6 Å². The molecular weight excluding hydrogens is 312 g/mol. The number of benzene rings is 1. The van der Waals surface area contributed by atoms with Crippen molar-refractivity contribution >= 4 is 29.2 Å². The first-order valence-corrected chi connectivity index (χ1v) is 7.68. The maximum absolute atomic E-state index is 11.8. The Morgan fingerprint density at radius 1 is 1.08 bits per heavy atom. The molecule has 7 heteroatoms. The first-order valence-electron chi connectivity index (χ1n) is 7.68. The number of cyclic esters (lactones) is 2. The van der Waals surface area contributed by atoms with Crippen LogP contribution in [0, 0.1) is 5.92 Å². The zero-order valence-corrected chi connectivity index (χ0v) is 13.4. The van der Waals surface area contributed by atoms with Crippen molar-refractivity contribution in [2.24, 2.45) is 5.92 Å². The zero-order valence-electron chi connectivity index (χ0n) is 13.4. The molecule has 2 aliphatic rings. The highest BCUT2D eigenvalue weighted by atomic mass is 16.7. The van der Waals surface area contributed by atoms with Crippen molar-refractivity contribution in [3.05, 3.63) is 36.0 Å². The molecular formula is C17H18N2O5. The van der Waals surface area contributed by atoms with Gasteiger partial charge < -0.3 is 20.1 Å². The highest BCUT2D eigenvalue weighted by molar-refractivity contribution is 6.15. The lowest BCUT2D eigenvalue weighted by atomic mass is 10.2. The van der Waals surface area contributed by atoms with E-state index in [1.165, 1.54) is 20.0 Å². The summed E-state index contributed by atoms with van der Waals surface area (Å²) in [6.07, 6.45) is 3.14. The van der Waals surface area contributed by atoms with Crippen LogP contribution in [0.2, 0.25) is 0 Å². The van der Waals surface area contributed by atoms with Crippen LogP contribution in [-0.2, 0) is 23.9 Å². The summed E-state index contributed by atoms with van der Waals surface area (Å²) in [6.45, 7) is 2.98. The number of hydrogen-bond acceptors (Lipinski definition) is 6. The van der Waals surface area contributed by atoms with Crippen LogP contribution in [0.4, 0.5) is 11.4 Å². The van der Waals surface area contributed by atoms with Gasteiger partial charge in [0.15, 0.2) is 5.57 Å². The molecule has 2 N–H and O–H groups in total. The molecule has 0 aromatic heterocycles. The average molecular weight is 330 g/mol. The zero-order chi connectivity index (χ0) is 17.3. The molecule has 126 valence electrons. The third-order valence-corrected chi connectivity index (χ3v) is 3.60. The predicted octanol–water partition coefficient (Wildman–Crippen LogP) is 2.17. The number of carbonyl (C=O) groups is 3. The Bertz CT molecular complexity index is 695. The summed E-state index contributed by atoms with van der Waals surface area (Å²) in [5.41, 5.74) is 1.14. The van der Waals surface area contributed by atoms with Gasteiger partial charge in [-0.2, -0.15) is 0 Å². The van der Waals surface area contributed by atoms with Gasteiger partial charge in [0.25, 0.3) is 5.79 Å². The number of esters is 2. The molecule has 2 fully saturated rings. The van der Waals surface area contributed by atoms with Gasteiger partial charge in [0.05, 0.1) is 0 Å². The predicted molar refractivity (Wildman–Crippen MR) is 85.8 cm³/mol. The minimum atomic E-state index is -1.26. The van der Waals surface area contributed by atoms with Gasteiger partial charge in [-0.3, -0.25) is 4.79 Å². The summed E-state index contributed by atoms with van der Waals surface area (Å²) >= 11 is 0. The molecule has 24 heavy (non-hydrogen) atoms. The number of hydrogen-bond donors (Lipinski definition) is 2. The molecule has 1 aliphatic carbocycles. The van der Waals surface area contributed by atoms with Gasteiger partial charge in [-0.05, 0) is 37.1 Å². The van der Waals surface area contributed by atoms with Crippen LogP contribution >= 0.6 is 0 Å². The number of rotatable bonds is 4. The standard InChI is InChI=1S/C17H18N2O5/c1-17(2)23-15(21)13(16(22)24-17)9-18-11-5-7-12(8-6-11)19-14(20)10-3-4-10/h5-10,18H,3-4H2,1-2H3,(H,19,20). The quantitative estimate of drug-likeness (QED) is 0.499. The van der Waals surface area contributed by atoms with E-state index in [1.54, 1.807) is 24.3 Å². The Kier molecular flexibility index (Phi) is 4.01. The number of nitrogens with one attached hydrogen (secondary N) is 2. The molecule has 0 atom stereocenters. The molecule has 3 rings (SSSR count). The van der Waals surface area contributed by atoms with Crippen molar-refractivity contribution in [3.8, 4) is 0 Å². The number of amides is 1. The summed E-state index contributed by atoms with van der Waals surface area (Å²) in [4.78, 5) is 35.3. The van der Waals surface area contributed by atoms with Crippen molar-refractivity contribution in [2.75, 3.05) is 10.6 Å². The molecule has 1 saturated carbocycles. The normalized spacial score (nSPS) is 19.2. The van der Waals surface area contributed by atoms with E-state index in [4.69, 9.17) is 9.47 Å². The van der Waals surface area contributed by atoms with Crippen LogP contribution in [0.5, 0.6) is 0 Å². The highest BCUT2D eigenvalue weighted by Gasteiger charge is 2.38. The summed E-state index contributed by atoms with van der Waals surface area (Å²) in [5.74, 6) is -2.56. The smallest absolute Gasteiger partial charge is 0.350 e. The fraction of sp³-hybridized carbons (Fsp3) is 0.353. The van der Waals surface area contributed by atoms with Gasteiger partial charge in [0, 0.05) is 37.3 Å². The fourth-order valence-electron chi connectivity index (χ4n) is 2.17. The maximum Gasteiger partial charge on any atom is 0.350 e. The average Bonchev–Trinajstić information content (AvgIpc) is 3.31. The lowest BCUT2D eigenvalue weighted by Gasteiger charge is -2.29. The van der Waals surface area contributed by atoms with Crippen molar-refractivity contribution < 1.29 is 23.9 Å². The van der Waals surface area contributed by atoms with Gasteiger partial charge in [-0.25, -0.2) is 9.59 Å². The van der Waals surface area contributed by atoms with E-state index < -0.39 is 17.7 Å². The van der Waals surface area contributed by atoms with E-state index in [2.05, 4.69) is 10.6 Å². The van der Waals surface area contributed by atoms with Crippen LogP contribution in [0.3, 0.4) is 0 Å². The number of carbonyl (C=O) groups excluding carboxylic acids is 3. The van der Waals surface area contributed by atoms with E-state index in [0.29, 0.717) is 11.4 Å². The van der Waals surface area contributed by atoms with Gasteiger partial charge in [0.1, 0.15) is 0 Å². The Morgan fingerprint density at radius 2 is 1.62 bits per heavy atom. The summed E-state index contributed by atoms with van der Waals surface area (Å²) in [6, 6.07) is 6.93. The Balaban J connectivity index is 1.62. The molecule has 1 saturated heterocycles. The van der Waals surface area contributed by atoms with Crippen LogP contribution in [-0.4, -0.2) is 23.6 Å². The lowest BCUT2D eigenvalue weighted by molar-refractivity contribution is -0.222. The first kappa shape index (κ1) is 16.0. The van der Waals surface area contributed by atoms with Crippen molar-refractivity contribution in [2.45, 2.75) is 32.5 Å². The third kappa shape index (κ3) is 3.73. The molecule has 0 radical (unpaired) electrons. The second kappa shape index (κ2) is 5.99. The highest BCUT2D eigenvalue weighted by Crippen LogP contribution is 2.30.